The zero-order valence-electron chi connectivity index (χ0n) is 13.3. The van der Waals surface area contributed by atoms with Crippen molar-refractivity contribution in [3.8, 4) is 0 Å². The van der Waals surface area contributed by atoms with E-state index in [4.69, 9.17) is 4.74 Å². The highest BCUT2D eigenvalue weighted by molar-refractivity contribution is 7.99. The van der Waals surface area contributed by atoms with Gasteiger partial charge < -0.3 is 15.2 Å². The fraction of sp³-hybridized carbons (Fsp3) is 1.00. The van der Waals surface area contributed by atoms with Crippen molar-refractivity contribution < 1.29 is 9.84 Å². The molecular weight excluding hydrogens is 258 g/mol. The number of nitrogens with one attached hydrogen (secondary N) is 1. The van der Waals surface area contributed by atoms with Crippen molar-refractivity contribution in [2.75, 3.05) is 19.5 Å². The Balaban J connectivity index is 2.42. The minimum Gasteiger partial charge on any atom is -0.395 e. The van der Waals surface area contributed by atoms with E-state index in [1.165, 1.54) is 0 Å². The average molecular weight is 289 g/mol. The highest BCUT2D eigenvalue weighted by atomic mass is 32.2. The third kappa shape index (κ3) is 4.35. The zero-order chi connectivity index (χ0) is 14.6. The Morgan fingerprint density at radius 2 is 2.00 bits per heavy atom. The molecule has 114 valence electrons. The van der Waals surface area contributed by atoms with E-state index < -0.39 is 0 Å². The van der Waals surface area contributed by atoms with Gasteiger partial charge in [-0.25, -0.2) is 0 Å². The van der Waals surface area contributed by atoms with Crippen LogP contribution < -0.4 is 5.32 Å². The van der Waals surface area contributed by atoms with Crippen LogP contribution in [0.15, 0.2) is 0 Å². The van der Waals surface area contributed by atoms with Crippen LogP contribution in [0.5, 0.6) is 0 Å². The summed E-state index contributed by atoms with van der Waals surface area (Å²) in [5, 5.41) is 13.3. The van der Waals surface area contributed by atoms with Crippen LogP contribution in [-0.2, 0) is 4.74 Å². The Bertz CT molecular complexity index is 267. The van der Waals surface area contributed by atoms with E-state index in [0.29, 0.717) is 24.1 Å². The van der Waals surface area contributed by atoms with E-state index in [9.17, 15) is 5.11 Å². The van der Waals surface area contributed by atoms with Gasteiger partial charge in [0.25, 0.3) is 0 Å². The van der Waals surface area contributed by atoms with E-state index in [2.05, 4.69) is 46.2 Å². The summed E-state index contributed by atoms with van der Waals surface area (Å²) in [5.74, 6) is 0.594. The van der Waals surface area contributed by atoms with Gasteiger partial charge in [-0.05, 0) is 25.5 Å². The molecule has 0 bridgehead atoms. The van der Waals surface area contributed by atoms with Crippen LogP contribution in [0.2, 0.25) is 0 Å². The fourth-order valence-electron chi connectivity index (χ4n) is 2.62. The molecule has 0 aromatic carbocycles. The lowest BCUT2D eigenvalue weighted by Gasteiger charge is -2.53. The summed E-state index contributed by atoms with van der Waals surface area (Å²) in [4.78, 5) is 0. The molecule has 0 aromatic rings. The molecule has 0 amide bonds. The first-order chi connectivity index (χ1) is 8.82. The van der Waals surface area contributed by atoms with Crippen LogP contribution in [0.1, 0.15) is 41.0 Å². The van der Waals surface area contributed by atoms with Crippen LogP contribution in [-0.4, -0.2) is 48.0 Å². The van der Waals surface area contributed by atoms with Gasteiger partial charge in [0, 0.05) is 29.4 Å². The highest BCUT2D eigenvalue weighted by Crippen LogP contribution is 2.43. The molecule has 2 N–H and O–H groups in total. The molecule has 4 unspecified atom stereocenters. The molecule has 1 fully saturated rings. The van der Waals surface area contributed by atoms with Crippen molar-refractivity contribution in [1.82, 2.24) is 5.32 Å². The maximum atomic E-state index is 9.34. The van der Waals surface area contributed by atoms with E-state index in [-0.39, 0.29) is 17.3 Å². The molecule has 0 aromatic heterocycles. The summed E-state index contributed by atoms with van der Waals surface area (Å²) in [7, 11) is 0. The van der Waals surface area contributed by atoms with Gasteiger partial charge in [-0.1, -0.05) is 27.7 Å². The number of hydrogen-bond acceptors (Lipinski definition) is 4. The second-order valence-electron chi connectivity index (χ2n) is 6.74. The summed E-state index contributed by atoms with van der Waals surface area (Å²) in [6.45, 7) is 12.2. The molecule has 0 heterocycles. The van der Waals surface area contributed by atoms with Gasteiger partial charge in [0.05, 0.1) is 12.7 Å². The van der Waals surface area contributed by atoms with E-state index >= 15 is 0 Å². The molecule has 0 radical (unpaired) electrons. The number of hydrogen-bond donors (Lipinski definition) is 2. The van der Waals surface area contributed by atoms with E-state index in [1.54, 1.807) is 11.8 Å². The molecule has 4 atom stereocenters. The lowest BCUT2D eigenvalue weighted by atomic mass is 9.64. The summed E-state index contributed by atoms with van der Waals surface area (Å²) in [5.41, 5.74) is 0.182. The van der Waals surface area contributed by atoms with Gasteiger partial charge in [-0.15, -0.1) is 0 Å². The van der Waals surface area contributed by atoms with Crippen molar-refractivity contribution in [2.45, 2.75) is 64.5 Å². The smallest absolute Gasteiger partial charge is 0.0656 e. The van der Waals surface area contributed by atoms with Crippen LogP contribution in [0.25, 0.3) is 0 Å². The quantitative estimate of drug-likeness (QED) is 0.720. The largest absolute Gasteiger partial charge is 0.395 e. The first-order valence-corrected chi connectivity index (χ1v) is 8.63. The number of aliphatic hydroxyl groups excluding tert-OH is 1. The number of rotatable bonds is 8. The predicted molar refractivity (Wildman–Crippen MR) is 83.8 cm³/mol. The van der Waals surface area contributed by atoms with Crippen molar-refractivity contribution in [2.24, 2.45) is 11.3 Å². The Kier molecular flexibility index (Phi) is 6.64. The fourth-order valence-corrected chi connectivity index (χ4v) is 3.26. The summed E-state index contributed by atoms with van der Waals surface area (Å²) in [6.07, 6.45) is 3.50. The van der Waals surface area contributed by atoms with Crippen LogP contribution >= 0.6 is 11.8 Å². The van der Waals surface area contributed by atoms with Gasteiger partial charge >= 0.3 is 0 Å². The second kappa shape index (κ2) is 7.30. The molecule has 1 aliphatic rings. The average Bonchev–Trinajstić information content (AvgIpc) is 2.33. The van der Waals surface area contributed by atoms with Crippen molar-refractivity contribution >= 4 is 11.8 Å². The van der Waals surface area contributed by atoms with Crippen molar-refractivity contribution in [3.63, 3.8) is 0 Å². The maximum absolute atomic E-state index is 9.34. The van der Waals surface area contributed by atoms with Crippen LogP contribution in [0.3, 0.4) is 0 Å². The molecule has 3 nitrogen and oxygen atoms in total. The van der Waals surface area contributed by atoms with Gasteiger partial charge in [0.15, 0.2) is 0 Å². The molecule has 4 heteroatoms. The SMILES string of the molecule is CSC(CO)C(C)NC1CC(OCC(C)C)C1(C)C. The summed E-state index contributed by atoms with van der Waals surface area (Å²) < 4.78 is 5.99. The molecule has 19 heavy (non-hydrogen) atoms. The third-order valence-electron chi connectivity index (χ3n) is 4.31. The number of thioether (sulfide) groups is 1. The third-order valence-corrected chi connectivity index (χ3v) is 5.48. The molecule has 0 saturated heterocycles. The summed E-state index contributed by atoms with van der Waals surface area (Å²) >= 11 is 1.73. The lowest BCUT2D eigenvalue weighted by molar-refractivity contribution is -0.125. The van der Waals surface area contributed by atoms with Gasteiger partial charge in [-0.2, -0.15) is 11.8 Å². The molecule has 1 rings (SSSR count). The van der Waals surface area contributed by atoms with Gasteiger partial charge in [0.1, 0.15) is 0 Å². The Hall–Kier alpha value is 0.230. The molecule has 0 aliphatic heterocycles. The topological polar surface area (TPSA) is 41.5 Å². The molecule has 1 saturated carbocycles. The predicted octanol–water partition coefficient (Wildman–Crippen LogP) is 2.53. The lowest BCUT2D eigenvalue weighted by Crippen LogP contribution is -2.63. The van der Waals surface area contributed by atoms with E-state index in [1.807, 2.05) is 0 Å². The maximum Gasteiger partial charge on any atom is 0.0656 e. The molecular formula is C15H31NO2S. The molecule has 1 aliphatic carbocycles. The van der Waals surface area contributed by atoms with Gasteiger partial charge in [-0.3, -0.25) is 0 Å². The Morgan fingerprint density at radius 1 is 1.37 bits per heavy atom. The van der Waals surface area contributed by atoms with Crippen molar-refractivity contribution in [1.29, 1.82) is 0 Å². The van der Waals surface area contributed by atoms with Crippen molar-refractivity contribution in [3.05, 3.63) is 0 Å². The second-order valence-corrected chi connectivity index (χ2v) is 7.81. The van der Waals surface area contributed by atoms with Crippen LogP contribution in [0.4, 0.5) is 0 Å². The standard InChI is InChI=1S/C15H31NO2S/c1-10(2)9-18-14-7-13(15(14,4)5)16-11(3)12(8-17)19-6/h10-14,16-17H,7-9H2,1-6H3. The van der Waals surface area contributed by atoms with Crippen LogP contribution in [0, 0.1) is 11.3 Å². The number of ether oxygens (including phenoxy) is 1. The first kappa shape index (κ1) is 17.3. The first-order valence-electron chi connectivity index (χ1n) is 7.34. The van der Waals surface area contributed by atoms with Gasteiger partial charge in [0.2, 0.25) is 0 Å². The monoisotopic (exact) mass is 289 g/mol. The highest BCUT2D eigenvalue weighted by Gasteiger charge is 2.49. The minimum absolute atomic E-state index is 0.182. The minimum atomic E-state index is 0.182. The Morgan fingerprint density at radius 3 is 2.42 bits per heavy atom. The zero-order valence-corrected chi connectivity index (χ0v) is 14.1. The Labute approximate surface area is 122 Å². The summed E-state index contributed by atoms with van der Waals surface area (Å²) in [6, 6.07) is 0.816. The molecule has 0 spiro atoms. The normalized spacial score (nSPS) is 29.1. The number of aliphatic hydroxyl groups is 1. The van der Waals surface area contributed by atoms with E-state index in [0.717, 1.165) is 13.0 Å².